The predicted octanol–water partition coefficient (Wildman–Crippen LogP) is 4.39. The lowest BCUT2D eigenvalue weighted by molar-refractivity contribution is 0.140. The maximum Gasteiger partial charge on any atom is 0.272 e. The van der Waals surface area contributed by atoms with Crippen LogP contribution in [0.5, 0.6) is 0 Å². The number of allylic oxidation sites excluding steroid dienone is 1. The molecule has 5 rings (SSSR count). The summed E-state index contributed by atoms with van der Waals surface area (Å²) in [6.45, 7) is 7.67. The number of aromatic amines is 1. The number of hydrogen-bond donors (Lipinski definition) is 2. The van der Waals surface area contributed by atoms with Gasteiger partial charge in [0.05, 0.1) is 11.1 Å². The molecule has 2 aromatic carbocycles. The SMILES string of the molecule is CCC=C(C=N)CN1CC2CCN(Cc3cc(Cc4n[nH]c(=O)c5ccccc45)ccc3F)CC2C1. The Morgan fingerprint density at radius 2 is 1.92 bits per heavy atom. The number of aromatic nitrogens is 2. The number of rotatable bonds is 8. The average molecular weight is 488 g/mol. The van der Waals surface area contributed by atoms with Crippen LogP contribution in [0.4, 0.5) is 4.39 Å². The maximum absolute atomic E-state index is 14.8. The summed E-state index contributed by atoms with van der Waals surface area (Å²) in [5, 5.41) is 16.0. The molecule has 1 aromatic heterocycles. The van der Waals surface area contributed by atoms with Gasteiger partial charge in [0.2, 0.25) is 0 Å². The van der Waals surface area contributed by atoms with Crippen molar-refractivity contribution in [3.05, 3.63) is 87.1 Å². The molecule has 36 heavy (non-hydrogen) atoms. The second kappa shape index (κ2) is 10.8. The Hall–Kier alpha value is -3.16. The third kappa shape index (κ3) is 5.32. The van der Waals surface area contributed by atoms with E-state index >= 15 is 0 Å². The van der Waals surface area contributed by atoms with Crippen molar-refractivity contribution in [1.29, 1.82) is 5.41 Å². The first-order chi connectivity index (χ1) is 17.5. The van der Waals surface area contributed by atoms with Gasteiger partial charge in [-0.3, -0.25) is 14.6 Å². The molecule has 0 radical (unpaired) electrons. The van der Waals surface area contributed by atoms with Gasteiger partial charge in [0, 0.05) is 56.3 Å². The van der Waals surface area contributed by atoms with E-state index in [-0.39, 0.29) is 11.4 Å². The van der Waals surface area contributed by atoms with Crippen molar-refractivity contribution in [3.8, 4) is 0 Å². The van der Waals surface area contributed by atoms with Gasteiger partial charge in [0.1, 0.15) is 5.82 Å². The first-order valence-electron chi connectivity index (χ1n) is 12.9. The minimum atomic E-state index is -0.196. The van der Waals surface area contributed by atoms with E-state index in [4.69, 9.17) is 5.41 Å². The minimum absolute atomic E-state index is 0.173. The third-order valence-electron chi connectivity index (χ3n) is 7.67. The molecule has 2 aliphatic heterocycles. The molecule has 2 fully saturated rings. The Balaban J connectivity index is 1.26. The molecule has 0 bridgehead atoms. The summed E-state index contributed by atoms with van der Waals surface area (Å²) in [5.74, 6) is 1.11. The zero-order chi connectivity index (χ0) is 25.1. The fraction of sp³-hybridized carbons (Fsp3) is 0.414. The molecule has 0 saturated carbocycles. The van der Waals surface area contributed by atoms with Crippen LogP contribution in [0, 0.1) is 23.1 Å². The Morgan fingerprint density at radius 1 is 1.14 bits per heavy atom. The highest BCUT2D eigenvalue weighted by atomic mass is 19.1. The molecule has 0 spiro atoms. The van der Waals surface area contributed by atoms with Gasteiger partial charge in [-0.2, -0.15) is 5.10 Å². The molecule has 0 amide bonds. The molecule has 188 valence electrons. The van der Waals surface area contributed by atoms with Crippen molar-refractivity contribution in [2.75, 3.05) is 32.7 Å². The van der Waals surface area contributed by atoms with Gasteiger partial charge in [-0.1, -0.05) is 43.3 Å². The summed E-state index contributed by atoms with van der Waals surface area (Å²) in [6, 6.07) is 12.8. The molecule has 3 heterocycles. The Labute approximate surface area is 211 Å². The lowest BCUT2D eigenvalue weighted by atomic mass is 9.88. The van der Waals surface area contributed by atoms with E-state index < -0.39 is 0 Å². The van der Waals surface area contributed by atoms with Crippen LogP contribution in [0.15, 0.2) is 58.9 Å². The van der Waals surface area contributed by atoms with Gasteiger partial charge in [-0.15, -0.1) is 0 Å². The fourth-order valence-electron chi connectivity index (χ4n) is 5.90. The minimum Gasteiger partial charge on any atom is -0.308 e. The van der Waals surface area contributed by atoms with Crippen LogP contribution in [-0.4, -0.2) is 58.9 Å². The molecule has 2 saturated heterocycles. The van der Waals surface area contributed by atoms with Crippen molar-refractivity contribution in [3.63, 3.8) is 0 Å². The van der Waals surface area contributed by atoms with E-state index in [0.717, 1.165) is 67.8 Å². The van der Waals surface area contributed by atoms with Crippen LogP contribution in [0.1, 0.15) is 36.6 Å². The van der Waals surface area contributed by atoms with E-state index in [1.165, 1.54) is 6.21 Å². The summed E-state index contributed by atoms with van der Waals surface area (Å²) in [5.41, 5.74) is 3.39. The molecule has 2 unspecified atom stereocenters. The highest BCUT2D eigenvalue weighted by Crippen LogP contribution is 2.32. The lowest BCUT2D eigenvalue weighted by Gasteiger charge is -2.34. The van der Waals surface area contributed by atoms with E-state index in [1.54, 1.807) is 12.1 Å². The summed E-state index contributed by atoms with van der Waals surface area (Å²) >= 11 is 0. The fourth-order valence-corrected chi connectivity index (χ4v) is 5.90. The molecule has 2 aliphatic rings. The van der Waals surface area contributed by atoms with Gasteiger partial charge < -0.3 is 5.41 Å². The van der Waals surface area contributed by atoms with Crippen molar-refractivity contribution in [1.82, 2.24) is 20.0 Å². The monoisotopic (exact) mass is 487 g/mol. The van der Waals surface area contributed by atoms with Crippen LogP contribution < -0.4 is 5.56 Å². The number of nitrogens with one attached hydrogen (secondary N) is 2. The zero-order valence-electron chi connectivity index (χ0n) is 20.8. The van der Waals surface area contributed by atoms with Gasteiger partial charge in [0.15, 0.2) is 0 Å². The second-order valence-corrected chi connectivity index (χ2v) is 10.2. The van der Waals surface area contributed by atoms with Crippen LogP contribution in [0.25, 0.3) is 10.8 Å². The normalized spacial score (nSPS) is 21.1. The Kier molecular flexibility index (Phi) is 7.39. The number of fused-ring (bicyclic) bond motifs is 2. The number of benzene rings is 2. The lowest BCUT2D eigenvalue weighted by Crippen LogP contribution is -2.39. The molecular formula is C29H34FN5O. The quantitative estimate of drug-likeness (QED) is 0.462. The number of hydrogen-bond acceptors (Lipinski definition) is 5. The highest BCUT2D eigenvalue weighted by Gasteiger charge is 2.37. The Bertz CT molecular complexity index is 1330. The average Bonchev–Trinajstić information content (AvgIpc) is 3.29. The first kappa shape index (κ1) is 24.5. The smallest absolute Gasteiger partial charge is 0.272 e. The van der Waals surface area contributed by atoms with Crippen LogP contribution in [0.3, 0.4) is 0 Å². The van der Waals surface area contributed by atoms with E-state index in [0.29, 0.717) is 35.8 Å². The number of halogens is 1. The molecule has 6 nitrogen and oxygen atoms in total. The van der Waals surface area contributed by atoms with Crippen molar-refractivity contribution >= 4 is 17.0 Å². The van der Waals surface area contributed by atoms with E-state index in [9.17, 15) is 9.18 Å². The highest BCUT2D eigenvalue weighted by molar-refractivity contribution is 5.83. The maximum atomic E-state index is 14.8. The largest absolute Gasteiger partial charge is 0.308 e. The second-order valence-electron chi connectivity index (χ2n) is 10.2. The molecular weight excluding hydrogens is 453 g/mol. The number of piperidine rings is 1. The Morgan fingerprint density at radius 3 is 2.72 bits per heavy atom. The van der Waals surface area contributed by atoms with Gasteiger partial charge in [-0.25, -0.2) is 9.49 Å². The number of likely N-dealkylation sites (tertiary alicyclic amines) is 2. The molecule has 2 N–H and O–H groups in total. The number of H-pyrrole nitrogens is 1. The number of nitrogens with zero attached hydrogens (tertiary/aromatic N) is 3. The molecule has 7 heteroatoms. The van der Waals surface area contributed by atoms with Crippen LogP contribution in [-0.2, 0) is 13.0 Å². The van der Waals surface area contributed by atoms with Crippen LogP contribution >= 0.6 is 0 Å². The first-order valence-corrected chi connectivity index (χ1v) is 12.9. The molecule has 3 aromatic rings. The van der Waals surface area contributed by atoms with Crippen LogP contribution in [0.2, 0.25) is 0 Å². The molecule has 2 atom stereocenters. The van der Waals surface area contributed by atoms with Crippen molar-refractivity contribution < 1.29 is 4.39 Å². The van der Waals surface area contributed by atoms with E-state index in [1.807, 2.05) is 30.3 Å². The van der Waals surface area contributed by atoms with Crippen molar-refractivity contribution in [2.24, 2.45) is 11.8 Å². The topological polar surface area (TPSA) is 76.1 Å². The van der Waals surface area contributed by atoms with Gasteiger partial charge in [0.25, 0.3) is 5.56 Å². The zero-order valence-corrected chi connectivity index (χ0v) is 20.8. The van der Waals surface area contributed by atoms with Gasteiger partial charge in [-0.05, 0) is 54.5 Å². The standard InChI is InChI=1S/C29H34FN5O/c1-2-5-21(14-31)15-35-16-22-10-11-34(18-24(22)19-35)17-23-12-20(8-9-27(23)30)13-28-25-6-3-4-7-26(25)29(36)33-32-28/h3-9,12,14,22,24,31H,2,10-11,13,15-19H2,1H3,(H,33,36). The van der Waals surface area contributed by atoms with Crippen molar-refractivity contribution in [2.45, 2.75) is 32.7 Å². The van der Waals surface area contributed by atoms with Gasteiger partial charge >= 0.3 is 0 Å². The predicted molar refractivity (Wildman–Crippen MR) is 142 cm³/mol. The van der Waals surface area contributed by atoms with E-state index in [2.05, 4.69) is 33.0 Å². The summed E-state index contributed by atoms with van der Waals surface area (Å²) in [4.78, 5) is 17.0. The molecule has 0 aliphatic carbocycles. The summed E-state index contributed by atoms with van der Waals surface area (Å²) < 4.78 is 14.8. The summed E-state index contributed by atoms with van der Waals surface area (Å²) in [7, 11) is 0. The summed E-state index contributed by atoms with van der Waals surface area (Å²) in [6.07, 6.45) is 6.25. The third-order valence-corrected chi connectivity index (χ3v) is 7.67.